The van der Waals surface area contributed by atoms with Crippen LogP contribution in [-0.2, 0) is 9.47 Å². The average Bonchev–Trinajstić information content (AvgIpc) is 3.29. The van der Waals surface area contributed by atoms with Gasteiger partial charge in [-0.1, -0.05) is 0 Å². The zero-order chi connectivity index (χ0) is 23.1. The monoisotopic (exact) mass is 467 g/mol. The first-order chi connectivity index (χ1) is 16.6. The predicted molar refractivity (Wildman–Crippen MR) is 124 cm³/mol. The SMILES string of the molecule is CC1(NC(=O)OC2COC(c3cc(Nc4ncc(N5CCNCC5)c5nccn45)n[nH]3)C2)CC1. The third kappa shape index (κ3) is 4.26. The molecule has 0 spiro atoms. The summed E-state index contributed by atoms with van der Waals surface area (Å²) >= 11 is 0. The van der Waals surface area contributed by atoms with Gasteiger partial charge in [-0.3, -0.25) is 9.50 Å². The molecular weight excluding hydrogens is 438 g/mol. The molecule has 2 atom stereocenters. The van der Waals surface area contributed by atoms with E-state index in [0.717, 1.165) is 56.0 Å². The molecule has 12 heteroatoms. The van der Waals surface area contributed by atoms with Crippen LogP contribution < -0.4 is 20.9 Å². The Balaban J connectivity index is 1.11. The number of carbonyl (C=O) groups excluding carboxylic acids is 1. The highest BCUT2D eigenvalue weighted by molar-refractivity contribution is 5.71. The number of alkyl carbamates (subject to hydrolysis) is 1. The summed E-state index contributed by atoms with van der Waals surface area (Å²) in [6.07, 6.45) is 7.22. The summed E-state index contributed by atoms with van der Waals surface area (Å²) in [7, 11) is 0. The summed E-state index contributed by atoms with van der Waals surface area (Å²) < 4.78 is 13.3. The standard InChI is InChI=1S/C22H29N9O3/c1-22(2-3-22)27-21(32)34-14-10-17(33-13-14)15-11-18(29-28-15)26-20-25-12-16(19-24-6-9-31(19)20)30-7-4-23-5-8-30/h6,9,11-12,14,17,23H,2-5,7-8,10,13H2,1H3,(H,27,32)(H2,25,26,28,29). The minimum Gasteiger partial charge on any atom is -0.444 e. The van der Waals surface area contributed by atoms with Crippen molar-refractivity contribution in [1.82, 2.24) is 35.2 Å². The first-order valence-corrected chi connectivity index (χ1v) is 11.8. The van der Waals surface area contributed by atoms with Crippen LogP contribution in [-0.4, -0.2) is 75.1 Å². The number of nitrogens with one attached hydrogen (secondary N) is 4. The molecule has 3 aromatic rings. The lowest BCUT2D eigenvalue weighted by atomic mass is 10.1. The quantitative estimate of drug-likeness (QED) is 0.427. The first kappa shape index (κ1) is 21.2. The molecule has 6 rings (SSSR count). The minimum atomic E-state index is -0.374. The van der Waals surface area contributed by atoms with Crippen LogP contribution in [0.1, 0.15) is 38.0 Å². The summed E-state index contributed by atoms with van der Waals surface area (Å²) in [5.41, 5.74) is 2.59. The number of carbonyl (C=O) groups is 1. The van der Waals surface area contributed by atoms with Crippen molar-refractivity contribution in [3.8, 4) is 0 Å². The van der Waals surface area contributed by atoms with Gasteiger partial charge in [-0.05, 0) is 19.8 Å². The van der Waals surface area contributed by atoms with Crippen molar-refractivity contribution >= 4 is 29.2 Å². The number of aromatic amines is 1. The summed E-state index contributed by atoms with van der Waals surface area (Å²) in [5.74, 6) is 1.25. The van der Waals surface area contributed by atoms with E-state index in [1.807, 2.05) is 29.8 Å². The van der Waals surface area contributed by atoms with Crippen molar-refractivity contribution in [2.75, 3.05) is 43.0 Å². The van der Waals surface area contributed by atoms with Crippen LogP contribution in [0.2, 0.25) is 0 Å². The third-order valence-corrected chi connectivity index (χ3v) is 6.69. The van der Waals surface area contributed by atoms with Gasteiger partial charge in [-0.15, -0.1) is 0 Å². The smallest absolute Gasteiger partial charge is 0.407 e. The number of hydrogen-bond donors (Lipinski definition) is 4. The number of fused-ring (bicyclic) bond motifs is 1. The van der Waals surface area contributed by atoms with E-state index >= 15 is 0 Å². The molecule has 5 heterocycles. The van der Waals surface area contributed by atoms with Gasteiger partial charge in [0.05, 0.1) is 24.2 Å². The highest BCUT2D eigenvalue weighted by Gasteiger charge is 2.40. The van der Waals surface area contributed by atoms with Crippen LogP contribution in [0, 0.1) is 0 Å². The second-order valence-electron chi connectivity index (χ2n) is 9.43. The van der Waals surface area contributed by atoms with Crippen molar-refractivity contribution in [2.45, 2.75) is 43.9 Å². The van der Waals surface area contributed by atoms with Crippen molar-refractivity contribution in [3.05, 3.63) is 30.4 Å². The van der Waals surface area contributed by atoms with Gasteiger partial charge in [0.25, 0.3) is 0 Å². The van der Waals surface area contributed by atoms with E-state index in [2.05, 4.69) is 41.0 Å². The van der Waals surface area contributed by atoms with E-state index in [1.165, 1.54) is 0 Å². The summed E-state index contributed by atoms with van der Waals surface area (Å²) in [5, 5.41) is 17.0. The number of amides is 1. The fourth-order valence-corrected chi connectivity index (χ4v) is 4.44. The fourth-order valence-electron chi connectivity index (χ4n) is 4.44. The number of aromatic nitrogens is 5. The lowest BCUT2D eigenvalue weighted by Gasteiger charge is -2.29. The van der Waals surface area contributed by atoms with Crippen LogP contribution >= 0.6 is 0 Å². The molecule has 0 radical (unpaired) electrons. The van der Waals surface area contributed by atoms with Gasteiger partial charge in [0, 0.05) is 56.6 Å². The van der Waals surface area contributed by atoms with E-state index in [1.54, 1.807) is 6.20 Å². The number of ether oxygens (including phenoxy) is 2. The Hall–Kier alpha value is -3.38. The lowest BCUT2D eigenvalue weighted by molar-refractivity contribution is 0.0675. The molecule has 1 saturated carbocycles. The number of anilines is 3. The molecule has 3 fully saturated rings. The van der Waals surface area contributed by atoms with E-state index in [9.17, 15) is 4.79 Å². The molecule has 0 bridgehead atoms. The Morgan fingerprint density at radius 2 is 2.15 bits per heavy atom. The van der Waals surface area contributed by atoms with Crippen molar-refractivity contribution in [3.63, 3.8) is 0 Å². The number of nitrogens with zero attached hydrogens (tertiary/aromatic N) is 5. The van der Waals surface area contributed by atoms with Crippen LogP contribution in [0.25, 0.3) is 5.65 Å². The Kier molecular flexibility index (Phi) is 5.26. The number of imidazole rings is 1. The first-order valence-electron chi connectivity index (χ1n) is 11.8. The normalized spacial score (nSPS) is 23.7. The van der Waals surface area contributed by atoms with Crippen molar-refractivity contribution in [1.29, 1.82) is 0 Å². The second-order valence-corrected chi connectivity index (χ2v) is 9.43. The number of rotatable bonds is 6. The number of hydrogen-bond acceptors (Lipinski definition) is 9. The molecule has 0 aromatic carbocycles. The van der Waals surface area contributed by atoms with Crippen molar-refractivity contribution in [2.24, 2.45) is 0 Å². The van der Waals surface area contributed by atoms with E-state index in [4.69, 9.17) is 9.47 Å². The van der Waals surface area contributed by atoms with Gasteiger partial charge in [-0.2, -0.15) is 5.10 Å². The molecule has 3 aromatic heterocycles. The van der Waals surface area contributed by atoms with Gasteiger partial charge in [-0.25, -0.2) is 14.8 Å². The Morgan fingerprint density at radius 3 is 2.97 bits per heavy atom. The molecule has 3 aliphatic rings. The van der Waals surface area contributed by atoms with Crippen LogP contribution in [0.4, 0.5) is 22.2 Å². The fraction of sp³-hybridized carbons (Fsp3) is 0.545. The Bertz CT molecular complexity index is 1180. The van der Waals surface area contributed by atoms with Crippen LogP contribution in [0.5, 0.6) is 0 Å². The second kappa shape index (κ2) is 8.44. The minimum absolute atomic E-state index is 0.0994. The Morgan fingerprint density at radius 1 is 1.29 bits per heavy atom. The zero-order valence-corrected chi connectivity index (χ0v) is 19.1. The molecule has 2 saturated heterocycles. The van der Waals surface area contributed by atoms with E-state index < -0.39 is 0 Å². The third-order valence-electron chi connectivity index (χ3n) is 6.69. The molecule has 34 heavy (non-hydrogen) atoms. The number of H-pyrrole nitrogens is 1. The Labute approximate surface area is 196 Å². The maximum Gasteiger partial charge on any atom is 0.407 e. The predicted octanol–water partition coefficient (Wildman–Crippen LogP) is 1.71. The topological polar surface area (TPSA) is 134 Å². The van der Waals surface area contributed by atoms with E-state index in [0.29, 0.717) is 24.8 Å². The molecule has 1 aliphatic carbocycles. The summed E-state index contributed by atoms with van der Waals surface area (Å²) in [4.78, 5) is 23.6. The van der Waals surface area contributed by atoms with Crippen LogP contribution in [0.15, 0.2) is 24.7 Å². The molecule has 4 N–H and O–H groups in total. The molecule has 12 nitrogen and oxygen atoms in total. The molecule has 1 amide bonds. The molecular formula is C22H29N9O3. The highest BCUT2D eigenvalue weighted by Crippen LogP contribution is 2.35. The molecule has 2 unspecified atom stereocenters. The summed E-state index contributed by atoms with van der Waals surface area (Å²) in [6.45, 7) is 6.12. The van der Waals surface area contributed by atoms with Gasteiger partial charge in [0.2, 0.25) is 5.95 Å². The molecule has 2 aliphatic heterocycles. The number of piperazine rings is 1. The van der Waals surface area contributed by atoms with Gasteiger partial charge in [0.1, 0.15) is 12.2 Å². The van der Waals surface area contributed by atoms with Gasteiger partial charge >= 0.3 is 6.09 Å². The molecule has 180 valence electrons. The maximum absolute atomic E-state index is 12.1. The van der Waals surface area contributed by atoms with E-state index in [-0.39, 0.29) is 23.8 Å². The maximum atomic E-state index is 12.1. The largest absolute Gasteiger partial charge is 0.444 e. The lowest BCUT2D eigenvalue weighted by Crippen LogP contribution is -2.43. The zero-order valence-electron chi connectivity index (χ0n) is 19.1. The highest BCUT2D eigenvalue weighted by atomic mass is 16.6. The van der Waals surface area contributed by atoms with Gasteiger partial charge in [0.15, 0.2) is 11.5 Å². The van der Waals surface area contributed by atoms with Crippen molar-refractivity contribution < 1.29 is 14.3 Å². The van der Waals surface area contributed by atoms with Gasteiger partial charge < -0.3 is 30.3 Å². The van der Waals surface area contributed by atoms with Crippen LogP contribution in [0.3, 0.4) is 0 Å². The average molecular weight is 468 g/mol. The summed E-state index contributed by atoms with van der Waals surface area (Å²) in [6, 6.07) is 1.90.